The summed E-state index contributed by atoms with van der Waals surface area (Å²) in [6.45, 7) is 1.97. The van der Waals surface area contributed by atoms with E-state index in [9.17, 15) is 0 Å². The molecule has 18 heavy (non-hydrogen) atoms. The third kappa shape index (κ3) is 5.09. The summed E-state index contributed by atoms with van der Waals surface area (Å²) in [5, 5.41) is 0. The van der Waals surface area contributed by atoms with Crippen molar-refractivity contribution < 1.29 is 0 Å². The summed E-state index contributed by atoms with van der Waals surface area (Å²) in [4.78, 5) is 9.12. The van der Waals surface area contributed by atoms with Crippen LogP contribution in [0.5, 0.6) is 0 Å². The molecule has 6 N–H and O–H groups in total. The van der Waals surface area contributed by atoms with E-state index in [0.29, 0.717) is 0 Å². The van der Waals surface area contributed by atoms with E-state index in [0.717, 1.165) is 6.42 Å². The van der Waals surface area contributed by atoms with Crippen molar-refractivity contribution in [2.45, 2.75) is 24.3 Å². The minimum Gasteiger partial charge on any atom is -0.370 e. The Morgan fingerprint density at radius 1 is 1.22 bits per heavy atom. The normalized spacial score (nSPS) is 13.1. The van der Waals surface area contributed by atoms with Crippen LogP contribution in [0, 0.1) is 0 Å². The van der Waals surface area contributed by atoms with Crippen LogP contribution in [-0.4, -0.2) is 24.2 Å². The number of nitrogens with zero attached hydrogens (tertiary/aromatic N) is 2. The lowest BCUT2D eigenvalue weighted by Crippen LogP contribution is -2.27. The van der Waals surface area contributed by atoms with Crippen LogP contribution in [0.1, 0.15) is 12.5 Å². The zero-order valence-electron chi connectivity index (χ0n) is 10.6. The van der Waals surface area contributed by atoms with Crippen LogP contribution in [0.4, 0.5) is 0 Å². The molecule has 0 aromatic heterocycles. The fraction of sp³-hybridized carbons (Fsp3) is 0.333. The van der Waals surface area contributed by atoms with Crippen molar-refractivity contribution in [2.24, 2.45) is 27.2 Å². The molecule has 98 valence electrons. The fourth-order valence-electron chi connectivity index (χ4n) is 1.54. The molecule has 1 atom stereocenters. The Bertz CT molecular complexity index is 434. The Kier molecular flexibility index (Phi) is 5.51. The first-order valence-electron chi connectivity index (χ1n) is 5.57. The molecule has 1 rings (SSSR count). The largest absolute Gasteiger partial charge is 0.370 e. The monoisotopic (exact) mass is 265 g/mol. The smallest absolute Gasteiger partial charge is 0.218 e. The van der Waals surface area contributed by atoms with Crippen molar-refractivity contribution in [1.29, 1.82) is 0 Å². The molecule has 1 aromatic rings. The van der Waals surface area contributed by atoms with Gasteiger partial charge in [-0.25, -0.2) is 4.99 Å². The molecule has 0 aliphatic rings. The number of hydrogen-bond acceptors (Lipinski definition) is 2. The number of hydrogen-bond donors (Lipinski definition) is 3. The molecular weight excluding hydrogens is 246 g/mol. The first kappa shape index (κ1) is 14.4. The first-order valence-corrected chi connectivity index (χ1v) is 6.79. The molecule has 0 heterocycles. The van der Waals surface area contributed by atoms with Gasteiger partial charge in [-0.2, -0.15) is 4.99 Å². The molecule has 1 aromatic carbocycles. The van der Waals surface area contributed by atoms with E-state index in [1.54, 1.807) is 11.8 Å². The highest BCUT2D eigenvalue weighted by Gasteiger charge is 2.03. The number of benzene rings is 1. The number of guanidine groups is 2. The molecule has 0 aliphatic heterocycles. The lowest BCUT2D eigenvalue weighted by Gasteiger charge is -2.07. The summed E-state index contributed by atoms with van der Waals surface area (Å²) in [5.41, 5.74) is 17.2. The molecular formula is C12H19N5S. The SMILES string of the molecule is CSc1ccc(CC(C)N=C(N)N=C(N)N)cc1. The number of thioether (sulfide) groups is 1. The van der Waals surface area contributed by atoms with Crippen LogP contribution in [0.3, 0.4) is 0 Å². The van der Waals surface area contributed by atoms with Gasteiger partial charge in [0.2, 0.25) is 5.96 Å². The maximum atomic E-state index is 5.57. The molecule has 0 amide bonds. The van der Waals surface area contributed by atoms with Crippen LogP contribution in [-0.2, 0) is 6.42 Å². The molecule has 0 bridgehead atoms. The molecule has 1 unspecified atom stereocenters. The maximum Gasteiger partial charge on any atom is 0.218 e. The average Bonchev–Trinajstić information content (AvgIpc) is 2.28. The molecule has 5 nitrogen and oxygen atoms in total. The maximum absolute atomic E-state index is 5.57. The van der Waals surface area contributed by atoms with E-state index < -0.39 is 0 Å². The zero-order valence-corrected chi connectivity index (χ0v) is 11.4. The Morgan fingerprint density at radius 2 is 1.83 bits per heavy atom. The summed E-state index contributed by atoms with van der Waals surface area (Å²) in [6.07, 6.45) is 2.85. The van der Waals surface area contributed by atoms with E-state index >= 15 is 0 Å². The zero-order chi connectivity index (χ0) is 13.5. The molecule has 6 heteroatoms. The Morgan fingerprint density at radius 3 is 2.33 bits per heavy atom. The van der Waals surface area contributed by atoms with Crippen molar-refractivity contribution in [3.63, 3.8) is 0 Å². The number of aliphatic imine (C=N–C) groups is 2. The third-order valence-corrected chi connectivity index (χ3v) is 3.03. The van der Waals surface area contributed by atoms with Gasteiger partial charge in [0, 0.05) is 4.90 Å². The quantitative estimate of drug-likeness (QED) is 0.428. The van der Waals surface area contributed by atoms with Crippen LogP contribution >= 0.6 is 11.8 Å². The summed E-state index contributed by atoms with van der Waals surface area (Å²) >= 11 is 1.72. The van der Waals surface area contributed by atoms with Gasteiger partial charge in [0.25, 0.3) is 0 Å². The standard InChI is InChI=1S/C12H19N5S/c1-8(16-12(15)17-11(13)14)7-9-3-5-10(18-2)6-4-9/h3-6,8H,7H2,1-2H3,(H6,13,14,15,16,17). The van der Waals surface area contributed by atoms with Gasteiger partial charge in [-0.3, -0.25) is 0 Å². The van der Waals surface area contributed by atoms with Crippen LogP contribution in [0.25, 0.3) is 0 Å². The van der Waals surface area contributed by atoms with Gasteiger partial charge in [-0.1, -0.05) is 12.1 Å². The van der Waals surface area contributed by atoms with Crippen LogP contribution < -0.4 is 17.2 Å². The predicted molar refractivity (Wildman–Crippen MR) is 78.8 cm³/mol. The van der Waals surface area contributed by atoms with Crippen molar-refractivity contribution in [3.05, 3.63) is 29.8 Å². The van der Waals surface area contributed by atoms with Crippen molar-refractivity contribution in [3.8, 4) is 0 Å². The minimum absolute atomic E-state index is 0.0354. The van der Waals surface area contributed by atoms with Crippen molar-refractivity contribution >= 4 is 23.7 Å². The molecule has 0 radical (unpaired) electrons. The molecule has 0 saturated heterocycles. The second-order valence-corrected chi connectivity index (χ2v) is 4.80. The van der Waals surface area contributed by atoms with E-state index in [1.807, 2.05) is 6.92 Å². The van der Waals surface area contributed by atoms with Gasteiger partial charge >= 0.3 is 0 Å². The van der Waals surface area contributed by atoms with Crippen LogP contribution in [0.15, 0.2) is 39.1 Å². The summed E-state index contributed by atoms with van der Waals surface area (Å²) < 4.78 is 0. The van der Waals surface area contributed by atoms with Gasteiger partial charge in [-0.15, -0.1) is 11.8 Å². The predicted octanol–water partition coefficient (Wildman–Crippen LogP) is 0.928. The third-order valence-electron chi connectivity index (χ3n) is 2.29. The average molecular weight is 265 g/mol. The summed E-state index contributed by atoms with van der Waals surface area (Å²) in [6, 6.07) is 8.41. The second-order valence-electron chi connectivity index (χ2n) is 3.93. The number of rotatable bonds is 4. The van der Waals surface area contributed by atoms with Gasteiger partial charge in [0.1, 0.15) is 0 Å². The summed E-state index contributed by atoms with van der Waals surface area (Å²) in [7, 11) is 0. The Balaban J connectivity index is 2.63. The van der Waals surface area contributed by atoms with Crippen molar-refractivity contribution in [1.82, 2.24) is 0 Å². The topological polar surface area (TPSA) is 103 Å². The summed E-state index contributed by atoms with van der Waals surface area (Å²) in [5.74, 6) is 0.0380. The lowest BCUT2D eigenvalue weighted by molar-refractivity contribution is 0.737. The first-order chi connectivity index (χ1) is 8.51. The van der Waals surface area contributed by atoms with Gasteiger partial charge in [-0.05, 0) is 37.3 Å². The number of nitrogens with two attached hydrogens (primary N) is 3. The molecule has 0 fully saturated rings. The van der Waals surface area contributed by atoms with Gasteiger partial charge in [0.05, 0.1) is 6.04 Å². The Labute approximate surface area is 112 Å². The molecule has 0 aliphatic carbocycles. The highest BCUT2D eigenvalue weighted by molar-refractivity contribution is 7.98. The van der Waals surface area contributed by atoms with Gasteiger partial charge in [0.15, 0.2) is 5.96 Å². The fourth-order valence-corrected chi connectivity index (χ4v) is 1.94. The van der Waals surface area contributed by atoms with E-state index in [4.69, 9.17) is 17.2 Å². The minimum atomic E-state index is -0.0761. The molecule has 0 saturated carbocycles. The van der Waals surface area contributed by atoms with E-state index in [-0.39, 0.29) is 18.0 Å². The molecule has 0 spiro atoms. The highest BCUT2D eigenvalue weighted by atomic mass is 32.2. The van der Waals surface area contributed by atoms with E-state index in [2.05, 4.69) is 40.5 Å². The van der Waals surface area contributed by atoms with Gasteiger partial charge < -0.3 is 17.2 Å². The lowest BCUT2D eigenvalue weighted by atomic mass is 10.1. The highest BCUT2D eigenvalue weighted by Crippen LogP contribution is 2.16. The van der Waals surface area contributed by atoms with Crippen LogP contribution in [0.2, 0.25) is 0 Å². The second kappa shape index (κ2) is 6.90. The van der Waals surface area contributed by atoms with E-state index in [1.165, 1.54) is 10.5 Å². The Hall–Kier alpha value is -1.69. The van der Waals surface area contributed by atoms with Crippen molar-refractivity contribution in [2.75, 3.05) is 6.26 Å².